The van der Waals surface area contributed by atoms with Crippen LogP contribution in [0.2, 0.25) is 0 Å². The summed E-state index contributed by atoms with van der Waals surface area (Å²) in [7, 11) is 0. The monoisotopic (exact) mass is 220 g/mol. The van der Waals surface area contributed by atoms with Gasteiger partial charge >= 0.3 is 0 Å². The number of allylic oxidation sites excluding steroid dienone is 4. The number of H-pyrrole nitrogens is 1. The van der Waals surface area contributed by atoms with Crippen molar-refractivity contribution in [2.75, 3.05) is 0 Å². The fourth-order valence-electron chi connectivity index (χ4n) is 1.91. The first kappa shape index (κ1) is 9.85. The van der Waals surface area contributed by atoms with Gasteiger partial charge in [0.25, 0.3) is 0 Å². The Morgan fingerprint density at radius 2 is 1.59 bits per heavy atom. The number of benzene rings is 1. The highest BCUT2D eigenvalue weighted by Gasteiger charge is 2.10. The molecule has 1 aliphatic rings. The lowest BCUT2D eigenvalue weighted by Crippen LogP contribution is -1.81. The average molecular weight is 220 g/mol. The highest BCUT2D eigenvalue weighted by molar-refractivity contribution is 5.78. The topological polar surface area (TPSA) is 28.7 Å². The standard InChI is InChI=1S/C15H12N2/c1-2-7-11-14-13(10-6-1)15(17-16-14)12-8-4-3-5-9-12/h1-11H,(H,16,17). The Hall–Kier alpha value is -2.35. The van der Waals surface area contributed by atoms with Crippen molar-refractivity contribution in [3.05, 3.63) is 65.9 Å². The van der Waals surface area contributed by atoms with Gasteiger partial charge in [0.15, 0.2) is 0 Å². The van der Waals surface area contributed by atoms with Gasteiger partial charge in [0, 0.05) is 11.1 Å². The Labute approximate surface area is 100 Å². The molecule has 0 amide bonds. The average Bonchev–Trinajstić information content (AvgIpc) is 2.72. The van der Waals surface area contributed by atoms with Gasteiger partial charge in [-0.15, -0.1) is 0 Å². The highest BCUT2D eigenvalue weighted by Crippen LogP contribution is 2.26. The number of aromatic amines is 1. The number of nitrogens with one attached hydrogen (secondary N) is 1. The summed E-state index contributed by atoms with van der Waals surface area (Å²) in [6, 6.07) is 10.2. The lowest BCUT2D eigenvalue weighted by molar-refractivity contribution is 1.08. The summed E-state index contributed by atoms with van der Waals surface area (Å²) in [5.74, 6) is 0. The molecule has 0 spiro atoms. The van der Waals surface area contributed by atoms with Gasteiger partial charge in [0.05, 0.1) is 11.4 Å². The second-order valence-corrected chi connectivity index (χ2v) is 3.87. The van der Waals surface area contributed by atoms with Crippen molar-refractivity contribution in [1.29, 1.82) is 0 Å². The Morgan fingerprint density at radius 1 is 0.824 bits per heavy atom. The molecule has 0 fully saturated rings. The quantitative estimate of drug-likeness (QED) is 0.780. The lowest BCUT2D eigenvalue weighted by Gasteiger charge is -1.99. The molecule has 1 aromatic carbocycles. The number of hydrogen-bond donors (Lipinski definition) is 1. The van der Waals surface area contributed by atoms with Crippen molar-refractivity contribution in [3.63, 3.8) is 0 Å². The molecular weight excluding hydrogens is 208 g/mol. The molecule has 0 unspecified atom stereocenters. The van der Waals surface area contributed by atoms with Crippen molar-refractivity contribution in [1.82, 2.24) is 10.2 Å². The van der Waals surface area contributed by atoms with Crippen LogP contribution in [0.3, 0.4) is 0 Å². The largest absolute Gasteiger partial charge is 0.277 e. The Kier molecular flexibility index (Phi) is 2.47. The van der Waals surface area contributed by atoms with Crippen molar-refractivity contribution in [3.8, 4) is 11.3 Å². The van der Waals surface area contributed by atoms with E-state index in [0.717, 1.165) is 22.5 Å². The molecule has 82 valence electrons. The third kappa shape index (κ3) is 1.85. The van der Waals surface area contributed by atoms with Gasteiger partial charge in [-0.3, -0.25) is 5.10 Å². The minimum atomic E-state index is 0.997. The zero-order valence-electron chi connectivity index (χ0n) is 9.30. The molecule has 1 heterocycles. The molecular formula is C15H12N2. The molecule has 1 N–H and O–H groups in total. The van der Waals surface area contributed by atoms with E-state index in [1.54, 1.807) is 0 Å². The molecule has 0 saturated carbocycles. The summed E-state index contributed by atoms with van der Waals surface area (Å²) < 4.78 is 0. The van der Waals surface area contributed by atoms with E-state index in [1.165, 1.54) is 0 Å². The third-order valence-electron chi connectivity index (χ3n) is 2.74. The Balaban J connectivity index is 2.16. The molecule has 0 bridgehead atoms. The minimum absolute atomic E-state index is 0.997. The second kappa shape index (κ2) is 4.26. The summed E-state index contributed by atoms with van der Waals surface area (Å²) in [5, 5.41) is 7.47. The van der Waals surface area contributed by atoms with Crippen LogP contribution in [0.4, 0.5) is 0 Å². The number of rotatable bonds is 1. The van der Waals surface area contributed by atoms with Crippen LogP contribution >= 0.6 is 0 Å². The fourth-order valence-corrected chi connectivity index (χ4v) is 1.91. The van der Waals surface area contributed by atoms with E-state index in [9.17, 15) is 0 Å². The van der Waals surface area contributed by atoms with Gasteiger partial charge in [-0.05, 0) is 6.08 Å². The van der Waals surface area contributed by atoms with E-state index < -0.39 is 0 Å². The first-order chi connectivity index (χ1) is 8.45. The number of hydrogen-bond acceptors (Lipinski definition) is 1. The summed E-state index contributed by atoms with van der Waals surface area (Å²) in [4.78, 5) is 0. The van der Waals surface area contributed by atoms with Crippen molar-refractivity contribution >= 4 is 12.2 Å². The van der Waals surface area contributed by atoms with Gasteiger partial charge < -0.3 is 0 Å². The summed E-state index contributed by atoms with van der Waals surface area (Å²) in [6.07, 6.45) is 12.2. The van der Waals surface area contributed by atoms with E-state index in [-0.39, 0.29) is 0 Å². The molecule has 3 rings (SSSR count). The smallest absolute Gasteiger partial charge is 0.0999 e. The van der Waals surface area contributed by atoms with E-state index in [4.69, 9.17) is 0 Å². The number of fused-ring (bicyclic) bond motifs is 1. The van der Waals surface area contributed by atoms with Gasteiger partial charge in [-0.2, -0.15) is 5.10 Å². The van der Waals surface area contributed by atoms with Gasteiger partial charge in [-0.25, -0.2) is 0 Å². The molecule has 2 aromatic rings. The summed E-state index contributed by atoms with van der Waals surface area (Å²) >= 11 is 0. The molecule has 0 atom stereocenters. The number of aromatic nitrogens is 2. The maximum atomic E-state index is 4.40. The Morgan fingerprint density at radius 3 is 2.41 bits per heavy atom. The lowest BCUT2D eigenvalue weighted by atomic mass is 10.0. The second-order valence-electron chi connectivity index (χ2n) is 3.87. The third-order valence-corrected chi connectivity index (χ3v) is 2.74. The molecule has 17 heavy (non-hydrogen) atoms. The van der Waals surface area contributed by atoms with Gasteiger partial charge in [0.2, 0.25) is 0 Å². The molecule has 1 aliphatic carbocycles. The van der Waals surface area contributed by atoms with E-state index in [0.29, 0.717) is 0 Å². The van der Waals surface area contributed by atoms with Crippen LogP contribution in [0.15, 0.2) is 54.6 Å². The molecule has 0 radical (unpaired) electrons. The summed E-state index contributed by atoms with van der Waals surface area (Å²) in [5.41, 5.74) is 4.31. The molecule has 1 aromatic heterocycles. The van der Waals surface area contributed by atoms with Crippen LogP contribution in [-0.4, -0.2) is 10.2 Å². The molecule has 0 saturated heterocycles. The molecule has 2 nitrogen and oxygen atoms in total. The number of nitrogens with zero attached hydrogens (tertiary/aromatic N) is 1. The van der Waals surface area contributed by atoms with Crippen LogP contribution in [0.1, 0.15) is 11.3 Å². The first-order valence-corrected chi connectivity index (χ1v) is 5.60. The van der Waals surface area contributed by atoms with E-state index in [2.05, 4.69) is 28.4 Å². The zero-order chi connectivity index (χ0) is 11.5. The van der Waals surface area contributed by atoms with Crippen molar-refractivity contribution in [2.24, 2.45) is 0 Å². The van der Waals surface area contributed by atoms with Gasteiger partial charge in [-0.1, -0.05) is 60.7 Å². The highest BCUT2D eigenvalue weighted by atomic mass is 15.1. The molecule has 0 aliphatic heterocycles. The SMILES string of the molecule is C1=C\C=C/c2c(-c3ccccc3)n[nH]c2\C=C/1. The van der Waals surface area contributed by atoms with Crippen LogP contribution < -0.4 is 0 Å². The predicted molar refractivity (Wildman–Crippen MR) is 71.2 cm³/mol. The minimum Gasteiger partial charge on any atom is -0.277 e. The Bertz CT molecular complexity index is 601. The van der Waals surface area contributed by atoms with Crippen LogP contribution in [0.25, 0.3) is 23.4 Å². The van der Waals surface area contributed by atoms with Crippen LogP contribution in [0.5, 0.6) is 0 Å². The summed E-state index contributed by atoms with van der Waals surface area (Å²) in [6.45, 7) is 0. The van der Waals surface area contributed by atoms with Crippen molar-refractivity contribution < 1.29 is 0 Å². The van der Waals surface area contributed by atoms with Crippen LogP contribution in [-0.2, 0) is 0 Å². The zero-order valence-corrected chi connectivity index (χ0v) is 9.30. The maximum absolute atomic E-state index is 4.40. The predicted octanol–water partition coefficient (Wildman–Crippen LogP) is 3.67. The van der Waals surface area contributed by atoms with Crippen LogP contribution in [0, 0.1) is 0 Å². The maximum Gasteiger partial charge on any atom is 0.0999 e. The normalized spacial score (nSPS) is 18.8. The fraction of sp³-hybridized carbons (Fsp3) is 0. The van der Waals surface area contributed by atoms with Crippen molar-refractivity contribution in [2.45, 2.75) is 0 Å². The van der Waals surface area contributed by atoms with E-state index >= 15 is 0 Å². The molecule has 2 heteroatoms. The van der Waals surface area contributed by atoms with E-state index in [1.807, 2.05) is 48.6 Å². The first-order valence-electron chi connectivity index (χ1n) is 5.60. The van der Waals surface area contributed by atoms with Gasteiger partial charge in [0.1, 0.15) is 0 Å².